The molecule has 4 N–H and O–H groups in total. The van der Waals surface area contributed by atoms with Crippen molar-refractivity contribution in [2.24, 2.45) is 0 Å². The molecule has 0 bridgehead atoms. The standard InChI is InChI=1S/C18H14F3N3O.H2O/c1-23-10-11-4-2-3-5-14(11)15-16(23)17(25)24(22-15)13-8-6-12(7-9-13)18(19,20)21;/h2-10,22,25H,1H3;1H2. The van der Waals surface area contributed by atoms with Crippen molar-refractivity contribution in [2.75, 3.05) is 12.1 Å². The van der Waals surface area contributed by atoms with Crippen LogP contribution in [0.25, 0.3) is 11.9 Å². The normalized spacial score (nSPS) is 16.1. The maximum absolute atomic E-state index is 12.7. The van der Waals surface area contributed by atoms with Gasteiger partial charge in [-0.05, 0) is 30.3 Å². The number of nitrogens with two attached hydrogens (primary N) is 1. The van der Waals surface area contributed by atoms with Crippen LogP contribution in [0.1, 0.15) is 5.56 Å². The summed E-state index contributed by atoms with van der Waals surface area (Å²) in [7, 11) is 1.82. The zero-order valence-corrected chi connectivity index (χ0v) is 13.7. The first kappa shape index (κ1) is 17.8. The maximum atomic E-state index is 12.7. The Bertz CT molecular complexity index is 998. The van der Waals surface area contributed by atoms with Crippen LogP contribution in [0.3, 0.4) is 0 Å². The number of rotatable bonds is 1. The average molecular weight is 363 g/mol. The first-order chi connectivity index (χ1) is 11.9. The van der Waals surface area contributed by atoms with E-state index in [-0.39, 0.29) is 11.4 Å². The Balaban J connectivity index is 0.00000196. The van der Waals surface area contributed by atoms with Gasteiger partial charge in [0.1, 0.15) is 0 Å². The Kier molecular flexibility index (Phi) is 4.17. The number of aliphatic hydroxyl groups excluding tert-OH is 1. The summed E-state index contributed by atoms with van der Waals surface area (Å²) in [6.45, 7) is 0. The monoisotopic (exact) mass is 363 g/mol. The Labute approximate surface area is 146 Å². The molecule has 2 aromatic rings. The van der Waals surface area contributed by atoms with Gasteiger partial charge in [-0.25, -0.2) is 5.43 Å². The van der Waals surface area contributed by atoms with E-state index in [2.05, 4.69) is 0 Å². The second-order valence-electron chi connectivity index (χ2n) is 5.96. The van der Waals surface area contributed by atoms with E-state index in [9.17, 15) is 18.3 Å². The number of anilines is 1. The second-order valence-corrected chi connectivity index (χ2v) is 5.96. The minimum atomic E-state index is -4.38. The molecule has 2 heterocycles. The van der Waals surface area contributed by atoms with Gasteiger partial charge in [0.05, 0.1) is 11.3 Å². The lowest BCUT2D eigenvalue weighted by molar-refractivity contribution is -0.568. The number of quaternary nitrogens is 1. The van der Waals surface area contributed by atoms with Crippen LogP contribution in [0.4, 0.5) is 18.9 Å². The Morgan fingerprint density at radius 2 is 1.65 bits per heavy atom. The lowest BCUT2D eigenvalue weighted by atomic mass is 10.1. The van der Waals surface area contributed by atoms with Gasteiger partial charge in [0.2, 0.25) is 0 Å². The first-order valence-corrected chi connectivity index (χ1v) is 7.65. The number of nitrogens with zero attached hydrogens (tertiary/aromatic N) is 2. The summed E-state index contributed by atoms with van der Waals surface area (Å²) in [5.41, 5.74) is 2.95. The molecule has 0 saturated heterocycles. The van der Waals surface area contributed by atoms with E-state index < -0.39 is 11.7 Å². The predicted octanol–water partition coefficient (Wildman–Crippen LogP) is 1.05. The third-order valence-corrected chi connectivity index (χ3v) is 4.36. The summed E-state index contributed by atoms with van der Waals surface area (Å²) in [5.74, 6) is -0.0111. The van der Waals surface area contributed by atoms with Crippen LogP contribution in [0.15, 0.2) is 60.1 Å². The molecule has 0 spiro atoms. The Morgan fingerprint density at radius 1 is 1.00 bits per heavy atom. The van der Waals surface area contributed by atoms with Crippen molar-refractivity contribution in [3.8, 4) is 0 Å². The average Bonchev–Trinajstić information content (AvgIpc) is 2.93. The molecule has 0 amide bonds. The van der Waals surface area contributed by atoms with Crippen molar-refractivity contribution >= 4 is 17.6 Å². The fourth-order valence-electron chi connectivity index (χ4n) is 3.17. The van der Waals surface area contributed by atoms with Gasteiger partial charge in [0.25, 0.3) is 5.88 Å². The van der Waals surface area contributed by atoms with Gasteiger partial charge in [-0.2, -0.15) is 18.2 Å². The molecule has 26 heavy (non-hydrogen) atoms. The third kappa shape index (κ3) is 2.69. The van der Waals surface area contributed by atoms with Gasteiger partial charge >= 0.3 is 6.18 Å². The Hall–Kier alpha value is -2.97. The zero-order valence-electron chi connectivity index (χ0n) is 13.7. The van der Waals surface area contributed by atoms with Crippen molar-refractivity contribution in [1.82, 2.24) is 4.90 Å². The molecule has 0 radical (unpaired) electrons. The number of likely N-dealkylation sites (N-methyl/N-ethyl adjacent to an activating group) is 1. The summed E-state index contributed by atoms with van der Waals surface area (Å²) in [4.78, 5) is 1.81. The van der Waals surface area contributed by atoms with Crippen molar-refractivity contribution in [1.29, 1.82) is 0 Å². The van der Waals surface area contributed by atoms with E-state index >= 15 is 0 Å². The summed E-state index contributed by atoms with van der Waals surface area (Å²) in [6, 6.07) is 12.5. The molecule has 8 heteroatoms. The highest BCUT2D eigenvalue weighted by Crippen LogP contribution is 2.31. The van der Waals surface area contributed by atoms with Crippen LogP contribution in [-0.4, -0.2) is 22.5 Å². The molecule has 2 aromatic carbocycles. The number of halogens is 3. The van der Waals surface area contributed by atoms with E-state index in [0.717, 1.165) is 28.3 Å². The van der Waals surface area contributed by atoms with E-state index in [4.69, 9.17) is 0 Å². The zero-order chi connectivity index (χ0) is 17.8. The van der Waals surface area contributed by atoms with Gasteiger partial charge in [0, 0.05) is 23.7 Å². The minimum absolute atomic E-state index is 0. The number of alkyl halides is 3. The molecule has 2 aliphatic heterocycles. The second kappa shape index (κ2) is 6.08. The van der Waals surface area contributed by atoms with Crippen LogP contribution in [-0.2, 0) is 6.18 Å². The smallest absolute Gasteiger partial charge is 0.416 e. The summed E-state index contributed by atoms with van der Waals surface area (Å²) >= 11 is 0. The number of hydrogen-bond donors (Lipinski definition) is 2. The number of fused-ring (bicyclic) bond motifs is 2. The molecule has 0 fully saturated rings. The van der Waals surface area contributed by atoms with E-state index in [1.54, 1.807) is 5.43 Å². The largest absolute Gasteiger partial charge is 0.870 e. The van der Waals surface area contributed by atoms with Crippen LogP contribution < -0.4 is 20.9 Å². The number of benzene rings is 2. The summed E-state index contributed by atoms with van der Waals surface area (Å²) < 4.78 is 38.2. The van der Waals surface area contributed by atoms with Crippen LogP contribution in [0.2, 0.25) is 0 Å². The van der Waals surface area contributed by atoms with E-state index in [1.165, 1.54) is 17.1 Å². The SMILES string of the molecule is CN1C=c2ccccc2=C2[NH2+]N(c3ccc(C(F)(F)F)cc3)C(O)=C21.[OH-]. The molecule has 0 aromatic heterocycles. The highest BCUT2D eigenvalue weighted by Gasteiger charge is 2.37. The molecule has 136 valence electrons. The first-order valence-electron chi connectivity index (χ1n) is 7.65. The molecule has 5 nitrogen and oxygen atoms in total. The summed E-state index contributed by atoms with van der Waals surface area (Å²) in [6.07, 6.45) is -2.47. The van der Waals surface area contributed by atoms with Gasteiger partial charge < -0.3 is 15.5 Å². The van der Waals surface area contributed by atoms with Crippen LogP contribution in [0, 0.1) is 0 Å². The van der Waals surface area contributed by atoms with Gasteiger partial charge in [0.15, 0.2) is 11.4 Å². The lowest BCUT2D eigenvalue weighted by Gasteiger charge is -2.16. The maximum Gasteiger partial charge on any atom is 0.416 e. The van der Waals surface area contributed by atoms with Crippen molar-refractivity contribution < 1.29 is 29.2 Å². The molecule has 0 aliphatic carbocycles. The highest BCUT2D eigenvalue weighted by atomic mass is 19.4. The lowest BCUT2D eigenvalue weighted by Crippen LogP contribution is -2.90. The molecular weight excluding hydrogens is 347 g/mol. The van der Waals surface area contributed by atoms with Gasteiger partial charge in [-0.15, -0.1) is 0 Å². The topological polar surface area (TPSA) is 73.3 Å². The third-order valence-electron chi connectivity index (χ3n) is 4.36. The molecular formula is C18H16F3N3O2. The van der Waals surface area contributed by atoms with E-state index in [0.29, 0.717) is 11.4 Å². The molecule has 4 rings (SSSR count). The quantitative estimate of drug-likeness (QED) is 0.743. The predicted molar refractivity (Wildman–Crippen MR) is 88.8 cm³/mol. The number of hydrogen-bond acceptors (Lipinski definition) is 4. The minimum Gasteiger partial charge on any atom is -0.870 e. The van der Waals surface area contributed by atoms with Crippen molar-refractivity contribution in [3.05, 3.63) is 76.1 Å². The van der Waals surface area contributed by atoms with Crippen LogP contribution >= 0.6 is 0 Å². The van der Waals surface area contributed by atoms with Gasteiger partial charge in [-0.3, -0.25) is 0 Å². The fourth-order valence-corrected chi connectivity index (χ4v) is 3.17. The highest BCUT2D eigenvalue weighted by molar-refractivity contribution is 5.68. The molecule has 2 aliphatic rings. The van der Waals surface area contributed by atoms with Crippen molar-refractivity contribution in [2.45, 2.75) is 6.18 Å². The van der Waals surface area contributed by atoms with Crippen molar-refractivity contribution in [3.63, 3.8) is 0 Å². The molecule has 0 atom stereocenters. The summed E-state index contributed by atoms with van der Waals surface area (Å²) in [5, 5.41) is 14.1. The molecule has 0 saturated carbocycles. The van der Waals surface area contributed by atoms with Crippen LogP contribution in [0.5, 0.6) is 0 Å². The fraction of sp³-hybridized carbons (Fsp3) is 0.111. The number of aliphatic hydroxyl groups is 1. The van der Waals surface area contributed by atoms with Gasteiger partial charge in [-0.1, -0.05) is 18.2 Å². The molecule has 0 unspecified atom stereocenters. The Morgan fingerprint density at radius 3 is 2.31 bits per heavy atom. The van der Waals surface area contributed by atoms with E-state index in [1.807, 2.05) is 42.4 Å².